The zero-order valence-electron chi connectivity index (χ0n) is 29.1. The van der Waals surface area contributed by atoms with Crippen molar-refractivity contribution >= 4 is 41.4 Å². The molecule has 0 aliphatic heterocycles. The Balaban J connectivity index is 2.88. The molecule has 0 aromatic heterocycles. The molecular formula is C32H54N8O7. The molecule has 1 aromatic rings. The molecule has 7 amide bonds. The highest BCUT2D eigenvalue weighted by Gasteiger charge is 2.35. The normalized spacial score (nSPS) is 13.6. The highest BCUT2D eigenvalue weighted by atomic mass is 16.6. The van der Waals surface area contributed by atoms with Gasteiger partial charge in [-0.1, -0.05) is 53.7 Å². The maximum Gasteiger partial charge on any atom is 0.410 e. The van der Waals surface area contributed by atoms with E-state index in [9.17, 15) is 28.8 Å². The summed E-state index contributed by atoms with van der Waals surface area (Å²) in [6.07, 6.45) is -0.118. The van der Waals surface area contributed by atoms with Crippen LogP contribution >= 0.6 is 0 Å². The zero-order valence-corrected chi connectivity index (χ0v) is 29.1. The molecule has 264 valence electrons. The maximum absolute atomic E-state index is 13.2. The van der Waals surface area contributed by atoms with Crippen molar-refractivity contribution in [2.45, 2.75) is 85.2 Å². The van der Waals surface area contributed by atoms with Gasteiger partial charge in [0.1, 0.15) is 24.7 Å². The van der Waals surface area contributed by atoms with Gasteiger partial charge in [-0.25, -0.2) is 9.59 Å². The van der Waals surface area contributed by atoms with Crippen LogP contribution in [0.2, 0.25) is 0 Å². The zero-order chi connectivity index (χ0) is 36.0. The second-order valence-electron chi connectivity index (χ2n) is 12.8. The van der Waals surface area contributed by atoms with Crippen LogP contribution in [0.5, 0.6) is 0 Å². The lowest BCUT2D eigenvalue weighted by molar-refractivity contribution is -0.137. The van der Waals surface area contributed by atoms with E-state index in [-0.39, 0.29) is 43.2 Å². The van der Waals surface area contributed by atoms with Gasteiger partial charge in [-0.15, -0.1) is 0 Å². The summed E-state index contributed by atoms with van der Waals surface area (Å²) in [4.78, 5) is 78.0. The third kappa shape index (κ3) is 13.5. The fourth-order valence-electron chi connectivity index (χ4n) is 4.59. The van der Waals surface area contributed by atoms with Gasteiger partial charge in [0.05, 0.1) is 6.04 Å². The first-order valence-electron chi connectivity index (χ1n) is 15.8. The highest BCUT2D eigenvalue weighted by molar-refractivity contribution is 5.98. The summed E-state index contributed by atoms with van der Waals surface area (Å²) >= 11 is 0. The van der Waals surface area contributed by atoms with Gasteiger partial charge in [0, 0.05) is 33.4 Å². The van der Waals surface area contributed by atoms with E-state index in [1.165, 1.54) is 16.8 Å². The van der Waals surface area contributed by atoms with Crippen LogP contribution in [0.25, 0.3) is 0 Å². The number of carbonyl (C=O) groups is 6. The van der Waals surface area contributed by atoms with Crippen molar-refractivity contribution < 1.29 is 33.5 Å². The van der Waals surface area contributed by atoms with Gasteiger partial charge < -0.3 is 42.4 Å². The highest BCUT2D eigenvalue weighted by Crippen LogP contribution is 2.16. The number of urea groups is 1. The van der Waals surface area contributed by atoms with Crippen molar-refractivity contribution in [3.8, 4) is 0 Å². The second-order valence-corrected chi connectivity index (χ2v) is 12.8. The minimum absolute atomic E-state index is 0.101. The molecule has 15 heteroatoms. The van der Waals surface area contributed by atoms with Crippen molar-refractivity contribution in [1.82, 2.24) is 25.8 Å². The van der Waals surface area contributed by atoms with Crippen LogP contribution < -0.4 is 32.7 Å². The number of rotatable bonds is 17. The van der Waals surface area contributed by atoms with E-state index >= 15 is 0 Å². The summed E-state index contributed by atoms with van der Waals surface area (Å²) in [5.41, 5.74) is 12.1. The molecule has 0 aliphatic rings. The SMILES string of the molecule is CC(C)[C@H](N)C(=O)N[C@@H](CCCNC(N)=O)C(=O)Nc1ccc(COC(=O)N(C)[C@H](C(=O)N[C@H](C(=O)N(C)C)C(C)C)C(C)C)cc1. The van der Waals surface area contributed by atoms with Gasteiger partial charge in [0.2, 0.25) is 23.6 Å². The van der Waals surface area contributed by atoms with Crippen LogP contribution in [0.15, 0.2) is 24.3 Å². The molecule has 15 nitrogen and oxygen atoms in total. The average molecular weight is 663 g/mol. The number of nitrogens with one attached hydrogen (secondary N) is 4. The van der Waals surface area contributed by atoms with E-state index in [4.69, 9.17) is 16.2 Å². The van der Waals surface area contributed by atoms with Crippen LogP contribution in [0.1, 0.15) is 59.9 Å². The molecule has 4 atom stereocenters. The minimum atomic E-state index is -0.916. The summed E-state index contributed by atoms with van der Waals surface area (Å²) < 4.78 is 5.47. The molecule has 0 saturated heterocycles. The van der Waals surface area contributed by atoms with Crippen LogP contribution in [0.3, 0.4) is 0 Å². The van der Waals surface area contributed by atoms with Gasteiger partial charge >= 0.3 is 12.1 Å². The van der Waals surface area contributed by atoms with Crippen molar-refractivity contribution in [2.24, 2.45) is 29.2 Å². The van der Waals surface area contributed by atoms with E-state index in [2.05, 4.69) is 21.3 Å². The summed E-state index contributed by atoms with van der Waals surface area (Å²) in [6.45, 7) is 11.0. The van der Waals surface area contributed by atoms with E-state index in [0.29, 0.717) is 17.7 Å². The Morgan fingerprint density at radius 2 is 1.40 bits per heavy atom. The fourth-order valence-corrected chi connectivity index (χ4v) is 4.59. The van der Waals surface area contributed by atoms with Crippen molar-refractivity contribution in [3.63, 3.8) is 0 Å². The van der Waals surface area contributed by atoms with E-state index in [1.54, 1.807) is 66.1 Å². The van der Waals surface area contributed by atoms with Crippen LogP contribution in [-0.4, -0.2) is 97.4 Å². The number of nitrogens with zero attached hydrogens (tertiary/aromatic N) is 2. The van der Waals surface area contributed by atoms with Crippen LogP contribution in [0, 0.1) is 17.8 Å². The molecule has 47 heavy (non-hydrogen) atoms. The molecule has 0 aliphatic carbocycles. The number of anilines is 1. The molecular weight excluding hydrogens is 608 g/mol. The maximum atomic E-state index is 13.2. The number of hydrogen-bond donors (Lipinski definition) is 6. The van der Waals surface area contributed by atoms with E-state index < -0.39 is 54.0 Å². The summed E-state index contributed by atoms with van der Waals surface area (Å²) in [6, 6.07) is 2.53. The Kier molecular flexibility index (Phi) is 16.7. The first-order valence-corrected chi connectivity index (χ1v) is 15.8. The number of carbonyl (C=O) groups excluding carboxylic acids is 6. The largest absolute Gasteiger partial charge is 0.445 e. The summed E-state index contributed by atoms with van der Waals surface area (Å²) in [7, 11) is 4.70. The third-order valence-corrected chi connectivity index (χ3v) is 7.48. The van der Waals surface area contributed by atoms with Crippen LogP contribution in [-0.2, 0) is 30.5 Å². The number of primary amides is 1. The van der Waals surface area contributed by atoms with Gasteiger partial charge in [-0.2, -0.15) is 0 Å². The molecule has 0 bridgehead atoms. The first-order chi connectivity index (χ1) is 21.9. The Bertz CT molecular complexity index is 1220. The lowest BCUT2D eigenvalue weighted by Crippen LogP contribution is -2.57. The number of amides is 7. The molecule has 1 rings (SSSR count). The summed E-state index contributed by atoms with van der Waals surface area (Å²) in [5.74, 6) is -2.21. The Morgan fingerprint density at radius 3 is 1.89 bits per heavy atom. The lowest BCUT2D eigenvalue weighted by Gasteiger charge is -2.32. The second kappa shape index (κ2) is 19.3. The Morgan fingerprint density at radius 1 is 0.809 bits per heavy atom. The predicted octanol–water partition coefficient (Wildman–Crippen LogP) is 1.36. The van der Waals surface area contributed by atoms with Gasteiger partial charge in [0.25, 0.3) is 0 Å². The Hall–Kier alpha value is -4.40. The monoisotopic (exact) mass is 662 g/mol. The summed E-state index contributed by atoms with van der Waals surface area (Å²) in [5, 5.41) is 10.7. The number of hydrogen-bond acceptors (Lipinski definition) is 8. The van der Waals surface area contributed by atoms with E-state index in [0.717, 1.165) is 0 Å². The number of benzene rings is 1. The van der Waals surface area contributed by atoms with Crippen LogP contribution in [0.4, 0.5) is 15.3 Å². The van der Waals surface area contributed by atoms with Crippen molar-refractivity contribution in [3.05, 3.63) is 29.8 Å². The quantitative estimate of drug-likeness (QED) is 0.134. The lowest BCUT2D eigenvalue weighted by atomic mass is 9.99. The fraction of sp³-hybridized carbons (Fsp3) is 0.625. The third-order valence-electron chi connectivity index (χ3n) is 7.48. The molecule has 0 unspecified atom stereocenters. The molecule has 0 radical (unpaired) electrons. The predicted molar refractivity (Wildman–Crippen MR) is 179 cm³/mol. The Labute approximate surface area is 277 Å². The van der Waals surface area contributed by atoms with Gasteiger partial charge in [0.15, 0.2) is 0 Å². The standard InChI is InChI=1S/C32H54N8O7/c1-18(2)24(33)28(42)37-23(11-10-16-35-31(34)45)27(41)36-22-14-12-21(13-15-22)17-47-32(46)40(9)26(20(5)6)29(43)38-25(19(3)4)30(44)39(7)8/h12-15,18-20,23-26H,10-11,16-17,33H2,1-9H3,(H,36,41)(H,37,42)(H,38,43)(H3,34,35,45)/t23-,24-,25-,26-/m0/s1. The van der Waals surface area contributed by atoms with Gasteiger partial charge in [-0.05, 0) is 48.3 Å². The molecule has 0 spiro atoms. The number of ether oxygens (including phenoxy) is 1. The van der Waals surface area contributed by atoms with E-state index in [1.807, 2.05) is 13.8 Å². The molecule has 1 aromatic carbocycles. The molecule has 0 fully saturated rings. The first kappa shape index (κ1) is 40.6. The average Bonchev–Trinajstić information content (AvgIpc) is 2.99. The number of likely N-dealkylation sites (N-methyl/N-ethyl adjacent to an activating group) is 2. The topological polar surface area (TPSA) is 218 Å². The molecule has 0 saturated carbocycles. The molecule has 8 N–H and O–H groups in total. The van der Waals surface area contributed by atoms with Gasteiger partial charge in [-0.3, -0.25) is 24.1 Å². The van der Waals surface area contributed by atoms with Crippen molar-refractivity contribution in [1.29, 1.82) is 0 Å². The number of nitrogens with two attached hydrogens (primary N) is 2. The minimum Gasteiger partial charge on any atom is -0.445 e. The smallest absolute Gasteiger partial charge is 0.410 e. The van der Waals surface area contributed by atoms with Crippen molar-refractivity contribution in [2.75, 3.05) is 33.0 Å². The molecule has 0 heterocycles.